The Kier molecular flexibility index (Phi) is 3.55. The van der Waals surface area contributed by atoms with Gasteiger partial charge in [-0.3, -0.25) is 0 Å². The van der Waals surface area contributed by atoms with Crippen LogP contribution in [0.25, 0.3) is 0 Å². The first-order chi connectivity index (χ1) is 7.21. The first-order valence-corrected chi connectivity index (χ1v) is 5.57. The molecular weight excluding hydrogens is 201 g/mol. The van der Waals surface area contributed by atoms with Crippen molar-refractivity contribution in [1.29, 1.82) is 0 Å². The van der Waals surface area contributed by atoms with E-state index in [1.165, 1.54) is 0 Å². The van der Waals surface area contributed by atoms with Crippen LogP contribution in [-0.2, 0) is 9.31 Å². The molecular formula is C12H22BNO2. The molecule has 0 aliphatic carbocycles. The first-order valence-electron chi connectivity index (χ1n) is 5.57. The topological polar surface area (TPSA) is 21.7 Å². The van der Waals surface area contributed by atoms with Crippen molar-refractivity contribution in [3.8, 4) is 0 Å². The smallest absolute Gasteiger partial charge is 0.398 e. The highest BCUT2D eigenvalue weighted by Crippen LogP contribution is 2.38. The van der Waals surface area contributed by atoms with Crippen LogP contribution in [0.3, 0.4) is 0 Å². The van der Waals surface area contributed by atoms with Crippen LogP contribution in [0.5, 0.6) is 0 Å². The van der Waals surface area contributed by atoms with Gasteiger partial charge in [0, 0.05) is 19.7 Å². The van der Waals surface area contributed by atoms with Crippen molar-refractivity contribution >= 4 is 7.12 Å². The largest absolute Gasteiger partial charge is 0.511 e. The van der Waals surface area contributed by atoms with E-state index in [0.717, 1.165) is 5.60 Å². The van der Waals surface area contributed by atoms with Gasteiger partial charge in [0.05, 0.1) is 11.2 Å². The van der Waals surface area contributed by atoms with E-state index >= 15 is 0 Å². The lowest BCUT2D eigenvalue weighted by Crippen LogP contribution is -2.41. The van der Waals surface area contributed by atoms with Crippen LogP contribution in [0.15, 0.2) is 24.3 Å². The molecule has 0 aromatic carbocycles. The number of nitrogens with zero attached hydrogens (tertiary/aromatic N) is 1. The Morgan fingerprint density at radius 1 is 1.12 bits per heavy atom. The summed E-state index contributed by atoms with van der Waals surface area (Å²) in [5.74, 6) is 0. The monoisotopic (exact) mass is 223 g/mol. The molecule has 0 bridgehead atoms. The molecule has 0 saturated carbocycles. The Morgan fingerprint density at radius 3 is 1.88 bits per heavy atom. The van der Waals surface area contributed by atoms with Gasteiger partial charge in [-0.05, 0) is 33.8 Å². The third-order valence-electron chi connectivity index (χ3n) is 3.30. The molecule has 0 aromatic heterocycles. The lowest BCUT2D eigenvalue weighted by Gasteiger charge is -2.32. The average Bonchev–Trinajstić information content (AvgIpc) is 2.31. The summed E-state index contributed by atoms with van der Waals surface area (Å²) in [5.41, 5.74) is 0.385. The Labute approximate surface area is 99.2 Å². The van der Waals surface area contributed by atoms with Crippen LogP contribution >= 0.6 is 0 Å². The highest BCUT2D eigenvalue weighted by atomic mass is 16.7. The van der Waals surface area contributed by atoms with E-state index in [-0.39, 0.29) is 18.3 Å². The van der Waals surface area contributed by atoms with Gasteiger partial charge in [-0.2, -0.15) is 0 Å². The van der Waals surface area contributed by atoms with Gasteiger partial charge in [0.2, 0.25) is 0 Å². The zero-order chi connectivity index (χ0) is 12.6. The van der Waals surface area contributed by atoms with E-state index in [1.807, 2.05) is 52.8 Å². The van der Waals surface area contributed by atoms with E-state index in [4.69, 9.17) is 9.31 Å². The van der Waals surface area contributed by atoms with Gasteiger partial charge in [0.15, 0.2) is 0 Å². The molecule has 1 rings (SSSR count). The Hall–Kier alpha value is -0.735. The molecule has 0 aromatic rings. The van der Waals surface area contributed by atoms with Crippen LogP contribution in [0, 0.1) is 0 Å². The summed E-state index contributed by atoms with van der Waals surface area (Å²) >= 11 is 0. The Balaban J connectivity index is 2.94. The summed E-state index contributed by atoms with van der Waals surface area (Å²) in [4.78, 5) is 1.99. The Morgan fingerprint density at radius 2 is 1.56 bits per heavy atom. The summed E-state index contributed by atoms with van der Waals surface area (Å²) < 4.78 is 11.9. The number of rotatable bonds is 3. The number of allylic oxidation sites excluding steroid dienone is 2. The fourth-order valence-corrected chi connectivity index (χ4v) is 1.52. The van der Waals surface area contributed by atoms with Gasteiger partial charge < -0.3 is 14.2 Å². The summed E-state index contributed by atoms with van der Waals surface area (Å²) in [6.45, 7) is 11.9. The SMILES string of the molecule is C=CC=C(B1OC(C)(C)C(C)(C)O1)N(C)C. The molecule has 0 amide bonds. The average molecular weight is 223 g/mol. The molecule has 90 valence electrons. The maximum Gasteiger partial charge on any atom is 0.511 e. The van der Waals surface area contributed by atoms with Crippen LogP contribution in [0.4, 0.5) is 0 Å². The van der Waals surface area contributed by atoms with Crippen molar-refractivity contribution in [2.75, 3.05) is 14.1 Å². The second-order valence-corrected chi connectivity index (χ2v) is 5.31. The van der Waals surface area contributed by atoms with Crippen molar-refractivity contribution in [3.63, 3.8) is 0 Å². The molecule has 1 saturated heterocycles. The van der Waals surface area contributed by atoms with Crippen molar-refractivity contribution in [2.24, 2.45) is 0 Å². The molecule has 1 heterocycles. The van der Waals surface area contributed by atoms with Crippen molar-refractivity contribution < 1.29 is 9.31 Å². The van der Waals surface area contributed by atoms with Gasteiger partial charge >= 0.3 is 7.12 Å². The zero-order valence-corrected chi connectivity index (χ0v) is 11.2. The summed E-state index contributed by atoms with van der Waals surface area (Å²) in [6, 6.07) is 0. The van der Waals surface area contributed by atoms with Crippen LogP contribution in [0.2, 0.25) is 0 Å². The fourth-order valence-electron chi connectivity index (χ4n) is 1.52. The predicted octanol–water partition coefficient (Wildman–Crippen LogP) is 2.25. The quantitative estimate of drug-likeness (QED) is 0.541. The Bertz CT molecular complexity index is 292. The zero-order valence-electron chi connectivity index (χ0n) is 11.2. The van der Waals surface area contributed by atoms with Gasteiger partial charge in [-0.1, -0.05) is 12.7 Å². The highest BCUT2D eigenvalue weighted by Gasteiger charge is 2.52. The normalized spacial score (nSPS) is 23.4. The molecule has 4 heteroatoms. The molecule has 16 heavy (non-hydrogen) atoms. The van der Waals surface area contributed by atoms with E-state index in [9.17, 15) is 0 Å². The standard InChI is InChI=1S/C12H22BNO2/c1-8-9-10(14(6)7)13-15-11(2,3)12(4,5)16-13/h8-9H,1H2,2-7H3. The summed E-state index contributed by atoms with van der Waals surface area (Å²) in [6.07, 6.45) is 3.67. The third-order valence-corrected chi connectivity index (χ3v) is 3.30. The van der Waals surface area contributed by atoms with E-state index < -0.39 is 0 Å². The van der Waals surface area contributed by atoms with Gasteiger partial charge in [-0.15, -0.1) is 0 Å². The molecule has 0 N–H and O–H groups in total. The van der Waals surface area contributed by atoms with Crippen molar-refractivity contribution in [2.45, 2.75) is 38.9 Å². The fraction of sp³-hybridized carbons (Fsp3) is 0.667. The van der Waals surface area contributed by atoms with Crippen LogP contribution in [-0.4, -0.2) is 37.3 Å². The molecule has 0 atom stereocenters. The summed E-state index contributed by atoms with van der Waals surface area (Å²) in [5, 5.41) is 0. The van der Waals surface area contributed by atoms with Crippen molar-refractivity contribution in [3.05, 3.63) is 24.3 Å². The molecule has 3 nitrogen and oxygen atoms in total. The second-order valence-electron chi connectivity index (χ2n) is 5.31. The van der Waals surface area contributed by atoms with Gasteiger partial charge in [-0.25, -0.2) is 0 Å². The maximum absolute atomic E-state index is 5.96. The van der Waals surface area contributed by atoms with E-state index in [0.29, 0.717) is 0 Å². The minimum absolute atomic E-state index is 0.298. The summed E-state index contributed by atoms with van der Waals surface area (Å²) in [7, 11) is 3.62. The molecule has 1 aliphatic heterocycles. The first kappa shape index (κ1) is 13.3. The molecule has 1 aliphatic rings. The molecule has 0 radical (unpaired) electrons. The van der Waals surface area contributed by atoms with E-state index in [2.05, 4.69) is 6.58 Å². The third kappa shape index (κ3) is 2.33. The van der Waals surface area contributed by atoms with Gasteiger partial charge in [0.1, 0.15) is 0 Å². The minimum Gasteiger partial charge on any atom is -0.398 e. The number of hydrogen-bond donors (Lipinski definition) is 0. The van der Waals surface area contributed by atoms with Gasteiger partial charge in [0.25, 0.3) is 0 Å². The number of hydrogen-bond acceptors (Lipinski definition) is 3. The molecule has 0 spiro atoms. The van der Waals surface area contributed by atoms with Crippen molar-refractivity contribution in [1.82, 2.24) is 4.90 Å². The van der Waals surface area contributed by atoms with Crippen LogP contribution in [0.1, 0.15) is 27.7 Å². The minimum atomic E-state index is -0.321. The molecule has 1 fully saturated rings. The predicted molar refractivity (Wildman–Crippen MR) is 68.0 cm³/mol. The van der Waals surface area contributed by atoms with E-state index in [1.54, 1.807) is 6.08 Å². The lowest BCUT2D eigenvalue weighted by atomic mass is 9.83. The second kappa shape index (κ2) is 4.26. The maximum atomic E-state index is 5.96. The highest BCUT2D eigenvalue weighted by molar-refractivity contribution is 6.54. The lowest BCUT2D eigenvalue weighted by molar-refractivity contribution is 0.00578. The van der Waals surface area contributed by atoms with Crippen LogP contribution < -0.4 is 0 Å². The molecule has 0 unspecified atom stereocenters.